The van der Waals surface area contributed by atoms with Crippen LogP contribution in [0.3, 0.4) is 0 Å². The molecule has 1 aliphatic heterocycles. The van der Waals surface area contributed by atoms with Gasteiger partial charge in [-0.3, -0.25) is 9.78 Å². The number of nitrogens with zero attached hydrogens (tertiary/aromatic N) is 2. The molecule has 4 aromatic rings. The third kappa shape index (κ3) is 5.17. The summed E-state index contributed by atoms with van der Waals surface area (Å²) in [5, 5.41) is 12.2. The number of hydrogen-bond donors (Lipinski definition) is 2. The molecule has 0 aliphatic carbocycles. The van der Waals surface area contributed by atoms with Crippen LogP contribution in [0.1, 0.15) is 41.3 Å². The molecular weight excluding hydrogens is 509 g/mol. The van der Waals surface area contributed by atoms with E-state index in [1.165, 1.54) is 18.0 Å². The molecule has 8 heteroatoms. The zero-order chi connectivity index (χ0) is 26.0. The Balaban J connectivity index is 1.23. The first-order valence-corrected chi connectivity index (χ1v) is 13.4. The number of piperidine rings is 1. The summed E-state index contributed by atoms with van der Waals surface area (Å²) in [7, 11) is 0. The van der Waals surface area contributed by atoms with Crippen LogP contribution in [0, 0.1) is 5.82 Å². The number of carbonyl (C=O) groups excluding carboxylic acids is 1. The zero-order valence-electron chi connectivity index (χ0n) is 20.4. The molecule has 0 bridgehead atoms. The Morgan fingerprint density at radius 2 is 1.84 bits per heavy atom. The highest BCUT2D eigenvalue weighted by molar-refractivity contribution is 8.00. The summed E-state index contributed by atoms with van der Waals surface area (Å²) in [6.45, 7) is 2.89. The van der Waals surface area contributed by atoms with Crippen LogP contribution in [0.2, 0.25) is 5.02 Å². The number of anilines is 1. The van der Waals surface area contributed by atoms with Crippen molar-refractivity contribution in [2.45, 2.75) is 36.7 Å². The van der Waals surface area contributed by atoms with E-state index in [1.807, 2.05) is 43.3 Å². The van der Waals surface area contributed by atoms with Crippen molar-refractivity contribution < 1.29 is 14.3 Å². The van der Waals surface area contributed by atoms with Gasteiger partial charge in [-0.1, -0.05) is 36.7 Å². The van der Waals surface area contributed by atoms with Crippen LogP contribution in [0.15, 0.2) is 77.8 Å². The van der Waals surface area contributed by atoms with E-state index in [4.69, 9.17) is 11.6 Å². The fourth-order valence-corrected chi connectivity index (χ4v) is 5.87. The molecule has 5 rings (SSSR count). The summed E-state index contributed by atoms with van der Waals surface area (Å²) in [6.07, 6.45) is 3.29. The summed E-state index contributed by atoms with van der Waals surface area (Å²) in [6, 6.07) is 19.6. The number of benzene rings is 3. The summed E-state index contributed by atoms with van der Waals surface area (Å²) in [5.74, 6) is -0.337. The number of aromatic nitrogens is 1. The minimum absolute atomic E-state index is 0.0683. The van der Waals surface area contributed by atoms with Crippen molar-refractivity contribution in [3.8, 4) is 0 Å². The molecule has 0 atom stereocenters. The van der Waals surface area contributed by atoms with Crippen molar-refractivity contribution >= 4 is 46.0 Å². The van der Waals surface area contributed by atoms with Crippen molar-refractivity contribution in [2.75, 3.05) is 17.8 Å². The first kappa shape index (κ1) is 25.5. The molecule has 37 heavy (non-hydrogen) atoms. The number of halogens is 2. The molecule has 1 aliphatic rings. The Labute approximate surface area is 224 Å². The highest BCUT2D eigenvalue weighted by atomic mass is 35.5. The van der Waals surface area contributed by atoms with Gasteiger partial charge in [0.2, 0.25) is 0 Å². The van der Waals surface area contributed by atoms with Gasteiger partial charge in [-0.25, -0.2) is 4.39 Å². The van der Waals surface area contributed by atoms with Crippen LogP contribution < -0.4 is 4.72 Å². The second-order valence-corrected chi connectivity index (χ2v) is 10.4. The van der Waals surface area contributed by atoms with E-state index >= 15 is 0 Å². The second-order valence-electron chi connectivity index (χ2n) is 9.18. The monoisotopic (exact) mass is 535 g/mol. The molecular formula is C29H27ClFN3O2S. The van der Waals surface area contributed by atoms with Crippen molar-refractivity contribution in [3.05, 3.63) is 100 Å². The highest BCUT2D eigenvalue weighted by Crippen LogP contribution is 2.37. The van der Waals surface area contributed by atoms with Crippen LogP contribution in [-0.4, -0.2) is 34.0 Å². The van der Waals surface area contributed by atoms with Gasteiger partial charge in [0.1, 0.15) is 5.82 Å². The maximum absolute atomic E-state index is 14.5. The third-order valence-electron chi connectivity index (χ3n) is 6.94. The summed E-state index contributed by atoms with van der Waals surface area (Å²) in [5.41, 5.74) is 2.64. The number of nitrogens with one attached hydrogen (secondary N) is 1. The summed E-state index contributed by atoms with van der Waals surface area (Å²) in [4.78, 5) is 20.1. The van der Waals surface area contributed by atoms with Crippen LogP contribution in [0.4, 0.5) is 10.1 Å². The van der Waals surface area contributed by atoms with Gasteiger partial charge in [0, 0.05) is 46.5 Å². The fourth-order valence-electron chi connectivity index (χ4n) is 4.81. The minimum Gasteiger partial charge on any atom is -0.385 e. The van der Waals surface area contributed by atoms with Gasteiger partial charge in [-0.2, -0.15) is 0 Å². The SMILES string of the molecule is CCc1ccnc2c(SNc3ccc(C(=O)N4CCC(O)(c5ccccc5Cl)CC4)cc3)ccc(F)c12. The number of rotatable bonds is 6. The first-order chi connectivity index (χ1) is 17.9. The van der Waals surface area contributed by atoms with Gasteiger partial charge in [0.05, 0.1) is 16.0 Å². The van der Waals surface area contributed by atoms with Crippen LogP contribution in [0.5, 0.6) is 0 Å². The molecule has 1 fully saturated rings. The molecule has 2 heterocycles. The minimum atomic E-state index is -1.03. The van der Waals surface area contributed by atoms with Crippen LogP contribution >= 0.6 is 23.5 Å². The standard InChI is InChI=1S/C29H27ClFN3O2S/c1-2-19-13-16-32-27-25(12-11-24(31)26(19)27)37-33-21-9-7-20(8-10-21)28(35)34-17-14-29(36,15-18-34)22-5-3-4-6-23(22)30/h3-13,16,33,36H,2,14-15,17-18H2,1H3. The number of amides is 1. The lowest BCUT2D eigenvalue weighted by atomic mass is 9.84. The Kier molecular flexibility index (Phi) is 7.38. The Hall–Kier alpha value is -3.13. The summed E-state index contributed by atoms with van der Waals surface area (Å²) >= 11 is 7.66. The molecule has 1 amide bonds. The quantitative estimate of drug-likeness (QED) is 0.265. The largest absolute Gasteiger partial charge is 0.385 e. The van der Waals surface area contributed by atoms with Crippen LogP contribution in [0.25, 0.3) is 10.9 Å². The predicted octanol–water partition coefficient (Wildman–Crippen LogP) is 6.83. The second kappa shape index (κ2) is 10.7. The number of aryl methyl sites for hydroxylation is 1. The lowest BCUT2D eigenvalue weighted by molar-refractivity contribution is -0.0210. The lowest BCUT2D eigenvalue weighted by Crippen LogP contribution is -2.45. The van der Waals surface area contributed by atoms with Crippen molar-refractivity contribution in [1.29, 1.82) is 0 Å². The van der Waals surface area contributed by atoms with Crippen molar-refractivity contribution in [3.63, 3.8) is 0 Å². The van der Waals surface area contributed by atoms with Crippen molar-refractivity contribution in [1.82, 2.24) is 9.88 Å². The molecule has 2 N–H and O–H groups in total. The third-order valence-corrected chi connectivity index (χ3v) is 8.15. The summed E-state index contributed by atoms with van der Waals surface area (Å²) < 4.78 is 17.7. The molecule has 0 spiro atoms. The maximum Gasteiger partial charge on any atom is 0.253 e. The fraction of sp³-hybridized carbons (Fsp3) is 0.241. The number of hydrogen-bond acceptors (Lipinski definition) is 5. The van der Waals surface area contributed by atoms with E-state index in [0.29, 0.717) is 53.0 Å². The molecule has 1 aromatic heterocycles. The van der Waals surface area contributed by atoms with E-state index < -0.39 is 5.60 Å². The number of pyridine rings is 1. The van der Waals surface area contributed by atoms with Crippen LogP contribution in [-0.2, 0) is 12.0 Å². The molecule has 5 nitrogen and oxygen atoms in total. The van der Waals surface area contributed by atoms with E-state index in [1.54, 1.807) is 35.4 Å². The first-order valence-electron chi connectivity index (χ1n) is 12.3. The normalized spacial score (nSPS) is 15.1. The van der Waals surface area contributed by atoms with Gasteiger partial charge in [-0.15, -0.1) is 0 Å². The number of likely N-dealkylation sites (tertiary alicyclic amines) is 1. The van der Waals surface area contributed by atoms with E-state index in [9.17, 15) is 14.3 Å². The van der Waals surface area contributed by atoms with Gasteiger partial charge in [0.15, 0.2) is 0 Å². The average molecular weight is 536 g/mol. The van der Waals surface area contributed by atoms with Gasteiger partial charge in [0.25, 0.3) is 5.91 Å². The average Bonchev–Trinajstić information content (AvgIpc) is 2.93. The van der Waals surface area contributed by atoms with E-state index in [-0.39, 0.29) is 11.7 Å². The molecule has 3 aromatic carbocycles. The van der Waals surface area contributed by atoms with E-state index in [2.05, 4.69) is 9.71 Å². The molecule has 0 unspecified atom stereocenters. The zero-order valence-corrected chi connectivity index (χ0v) is 22.0. The molecule has 1 saturated heterocycles. The Morgan fingerprint density at radius 1 is 1.11 bits per heavy atom. The molecule has 0 radical (unpaired) electrons. The Morgan fingerprint density at radius 3 is 2.54 bits per heavy atom. The maximum atomic E-state index is 14.5. The number of fused-ring (bicyclic) bond motifs is 1. The highest BCUT2D eigenvalue weighted by Gasteiger charge is 2.36. The van der Waals surface area contributed by atoms with E-state index in [0.717, 1.165) is 22.6 Å². The van der Waals surface area contributed by atoms with Gasteiger partial charge in [-0.05, 0) is 85.3 Å². The molecule has 0 saturated carbocycles. The van der Waals surface area contributed by atoms with Gasteiger partial charge >= 0.3 is 0 Å². The number of carbonyl (C=O) groups is 1. The van der Waals surface area contributed by atoms with Gasteiger partial charge < -0.3 is 14.7 Å². The topological polar surface area (TPSA) is 65.5 Å². The lowest BCUT2D eigenvalue weighted by Gasteiger charge is -2.39. The smallest absolute Gasteiger partial charge is 0.253 e. The van der Waals surface area contributed by atoms with Crippen molar-refractivity contribution in [2.24, 2.45) is 0 Å². The Bertz CT molecular complexity index is 1440. The predicted molar refractivity (Wildman–Crippen MR) is 147 cm³/mol. The molecule has 190 valence electrons. The number of aliphatic hydroxyl groups is 1.